The molecule has 1 aromatic heterocycles. The topological polar surface area (TPSA) is 60.8 Å². The number of rotatable bonds is 4. The zero-order valence-corrected chi connectivity index (χ0v) is 13.5. The molecule has 0 saturated carbocycles. The van der Waals surface area contributed by atoms with Crippen LogP contribution in [0.15, 0.2) is 24.3 Å². The predicted molar refractivity (Wildman–Crippen MR) is 88.5 cm³/mol. The van der Waals surface area contributed by atoms with Gasteiger partial charge in [0, 0.05) is 24.3 Å². The van der Waals surface area contributed by atoms with Crippen molar-refractivity contribution in [2.75, 3.05) is 13.1 Å². The van der Waals surface area contributed by atoms with Crippen molar-refractivity contribution in [1.29, 1.82) is 0 Å². The first-order valence-electron chi connectivity index (χ1n) is 7.71. The number of piperidine rings is 1. The summed E-state index contributed by atoms with van der Waals surface area (Å²) in [5.41, 5.74) is 0.373. The van der Waals surface area contributed by atoms with Crippen LogP contribution < -0.4 is 0 Å². The SMILES string of the molecule is CCC1(O)CCN(Cc2c(C(=O)O)sc3ccccc23)CC1. The maximum atomic E-state index is 11.5. The molecule has 0 unspecified atom stereocenters. The van der Waals surface area contributed by atoms with Gasteiger partial charge < -0.3 is 10.2 Å². The molecular formula is C17H21NO3S. The number of thiophene rings is 1. The van der Waals surface area contributed by atoms with Gasteiger partial charge in [-0.1, -0.05) is 25.1 Å². The number of benzene rings is 1. The van der Waals surface area contributed by atoms with E-state index in [-0.39, 0.29) is 0 Å². The summed E-state index contributed by atoms with van der Waals surface area (Å²) in [7, 11) is 0. The van der Waals surface area contributed by atoms with Gasteiger partial charge >= 0.3 is 5.97 Å². The van der Waals surface area contributed by atoms with Crippen molar-refractivity contribution in [1.82, 2.24) is 4.90 Å². The molecule has 0 amide bonds. The van der Waals surface area contributed by atoms with E-state index < -0.39 is 11.6 Å². The number of likely N-dealkylation sites (tertiary alicyclic amines) is 1. The second kappa shape index (κ2) is 5.99. The monoisotopic (exact) mass is 319 g/mol. The molecule has 22 heavy (non-hydrogen) atoms. The molecule has 1 aliphatic heterocycles. The number of aromatic carboxylic acids is 1. The van der Waals surface area contributed by atoms with Gasteiger partial charge in [0.15, 0.2) is 0 Å². The van der Waals surface area contributed by atoms with Crippen molar-refractivity contribution >= 4 is 27.4 Å². The largest absolute Gasteiger partial charge is 0.477 e. The third-order valence-corrected chi connectivity index (χ3v) is 5.92. The van der Waals surface area contributed by atoms with E-state index in [1.165, 1.54) is 11.3 Å². The van der Waals surface area contributed by atoms with Crippen LogP contribution in [-0.2, 0) is 6.54 Å². The molecule has 3 rings (SSSR count). The first kappa shape index (κ1) is 15.5. The fourth-order valence-corrected chi connectivity index (χ4v) is 4.19. The molecular weight excluding hydrogens is 298 g/mol. The second-order valence-electron chi connectivity index (χ2n) is 6.07. The maximum absolute atomic E-state index is 11.5. The summed E-state index contributed by atoms with van der Waals surface area (Å²) in [5.74, 6) is -0.849. The molecule has 1 saturated heterocycles. The third kappa shape index (κ3) is 2.89. The van der Waals surface area contributed by atoms with Gasteiger partial charge in [-0.3, -0.25) is 4.90 Å². The van der Waals surface area contributed by atoms with Crippen LogP contribution in [0.2, 0.25) is 0 Å². The lowest BCUT2D eigenvalue weighted by Gasteiger charge is -2.37. The van der Waals surface area contributed by atoms with Crippen LogP contribution in [0.5, 0.6) is 0 Å². The van der Waals surface area contributed by atoms with Gasteiger partial charge in [-0.15, -0.1) is 11.3 Å². The van der Waals surface area contributed by atoms with Gasteiger partial charge in [0.25, 0.3) is 0 Å². The van der Waals surface area contributed by atoms with Crippen molar-refractivity contribution in [3.05, 3.63) is 34.7 Å². The quantitative estimate of drug-likeness (QED) is 0.907. The van der Waals surface area contributed by atoms with Crippen LogP contribution in [0, 0.1) is 0 Å². The van der Waals surface area contributed by atoms with Crippen molar-refractivity contribution in [3.63, 3.8) is 0 Å². The Labute approximate surface area is 134 Å². The Kier molecular flexibility index (Phi) is 4.21. The van der Waals surface area contributed by atoms with Gasteiger partial charge in [0.1, 0.15) is 4.88 Å². The molecule has 2 heterocycles. The smallest absolute Gasteiger partial charge is 0.346 e. The summed E-state index contributed by atoms with van der Waals surface area (Å²) in [5, 5.41) is 20.8. The lowest BCUT2D eigenvalue weighted by Crippen LogP contribution is -2.43. The minimum absolute atomic E-state index is 0.442. The van der Waals surface area contributed by atoms with Gasteiger partial charge in [-0.05, 0) is 36.3 Å². The standard InChI is InChI=1S/C17H21NO3S/c1-2-17(21)7-9-18(10-8-17)11-13-12-5-3-4-6-14(12)22-15(13)16(19)20/h3-6,21H,2,7-11H2,1H3,(H,19,20). The van der Waals surface area contributed by atoms with E-state index in [4.69, 9.17) is 0 Å². The number of carboxylic acid groups (broad SMARTS) is 1. The molecule has 0 bridgehead atoms. The number of carboxylic acids is 1. The van der Waals surface area contributed by atoms with E-state index >= 15 is 0 Å². The molecule has 2 N–H and O–H groups in total. The number of nitrogens with zero attached hydrogens (tertiary/aromatic N) is 1. The Morgan fingerprint density at radius 2 is 2.00 bits per heavy atom. The molecule has 0 spiro atoms. The van der Waals surface area contributed by atoms with E-state index in [9.17, 15) is 15.0 Å². The molecule has 0 atom stereocenters. The lowest BCUT2D eigenvalue weighted by atomic mass is 9.89. The van der Waals surface area contributed by atoms with Gasteiger partial charge in [-0.2, -0.15) is 0 Å². The van der Waals surface area contributed by atoms with Crippen LogP contribution in [0.1, 0.15) is 41.4 Å². The number of hydrogen-bond donors (Lipinski definition) is 2. The molecule has 1 aromatic carbocycles. The van der Waals surface area contributed by atoms with E-state index in [1.807, 2.05) is 31.2 Å². The van der Waals surface area contributed by atoms with Crippen molar-refractivity contribution in [2.45, 2.75) is 38.3 Å². The highest BCUT2D eigenvalue weighted by atomic mass is 32.1. The van der Waals surface area contributed by atoms with E-state index in [0.29, 0.717) is 11.4 Å². The summed E-state index contributed by atoms with van der Waals surface area (Å²) in [6.07, 6.45) is 2.30. The van der Waals surface area contributed by atoms with Crippen molar-refractivity contribution < 1.29 is 15.0 Å². The highest BCUT2D eigenvalue weighted by Gasteiger charge is 2.31. The molecule has 0 radical (unpaired) electrons. The molecule has 1 fully saturated rings. The molecule has 118 valence electrons. The average molecular weight is 319 g/mol. The first-order chi connectivity index (χ1) is 10.5. The zero-order chi connectivity index (χ0) is 15.7. The Morgan fingerprint density at radius 3 is 2.64 bits per heavy atom. The second-order valence-corrected chi connectivity index (χ2v) is 7.12. The van der Waals surface area contributed by atoms with Crippen LogP contribution in [0.3, 0.4) is 0 Å². The summed E-state index contributed by atoms with van der Waals surface area (Å²) in [6, 6.07) is 7.87. The molecule has 4 nitrogen and oxygen atoms in total. The fraction of sp³-hybridized carbons (Fsp3) is 0.471. The zero-order valence-electron chi connectivity index (χ0n) is 12.7. The third-order valence-electron chi connectivity index (χ3n) is 4.72. The summed E-state index contributed by atoms with van der Waals surface area (Å²) in [4.78, 5) is 14.2. The highest BCUT2D eigenvalue weighted by Crippen LogP contribution is 2.34. The maximum Gasteiger partial charge on any atom is 0.346 e. The first-order valence-corrected chi connectivity index (χ1v) is 8.52. The van der Waals surface area contributed by atoms with E-state index in [2.05, 4.69) is 4.90 Å². The Bertz CT molecular complexity index is 686. The van der Waals surface area contributed by atoms with E-state index in [1.54, 1.807) is 0 Å². The number of hydrogen-bond acceptors (Lipinski definition) is 4. The normalized spacial score (nSPS) is 18.6. The van der Waals surface area contributed by atoms with Gasteiger partial charge in [-0.25, -0.2) is 4.79 Å². The summed E-state index contributed by atoms with van der Waals surface area (Å²) >= 11 is 1.35. The van der Waals surface area contributed by atoms with Crippen molar-refractivity contribution in [2.24, 2.45) is 0 Å². The van der Waals surface area contributed by atoms with E-state index in [0.717, 1.165) is 48.0 Å². The summed E-state index contributed by atoms with van der Waals surface area (Å²) in [6.45, 7) is 4.29. The lowest BCUT2D eigenvalue weighted by molar-refractivity contribution is -0.0256. The Morgan fingerprint density at radius 1 is 1.32 bits per heavy atom. The Hall–Kier alpha value is -1.43. The Balaban J connectivity index is 1.85. The number of carbonyl (C=O) groups is 1. The number of fused-ring (bicyclic) bond motifs is 1. The molecule has 1 aliphatic rings. The van der Waals surface area contributed by atoms with Crippen LogP contribution in [-0.4, -0.2) is 39.8 Å². The molecule has 0 aliphatic carbocycles. The minimum Gasteiger partial charge on any atom is -0.477 e. The van der Waals surface area contributed by atoms with Crippen LogP contribution in [0.4, 0.5) is 0 Å². The van der Waals surface area contributed by atoms with Gasteiger partial charge in [0.2, 0.25) is 0 Å². The molecule has 5 heteroatoms. The summed E-state index contributed by atoms with van der Waals surface area (Å²) < 4.78 is 1.02. The predicted octanol–water partition coefficient (Wildman–Crippen LogP) is 3.34. The van der Waals surface area contributed by atoms with Crippen LogP contribution >= 0.6 is 11.3 Å². The van der Waals surface area contributed by atoms with Crippen LogP contribution in [0.25, 0.3) is 10.1 Å². The van der Waals surface area contributed by atoms with Crippen molar-refractivity contribution in [3.8, 4) is 0 Å². The highest BCUT2D eigenvalue weighted by molar-refractivity contribution is 7.21. The fourth-order valence-electron chi connectivity index (χ4n) is 3.13. The average Bonchev–Trinajstić information content (AvgIpc) is 2.89. The minimum atomic E-state index is -0.849. The van der Waals surface area contributed by atoms with Gasteiger partial charge in [0.05, 0.1) is 5.60 Å². The number of aliphatic hydroxyl groups is 1. The molecule has 2 aromatic rings.